The maximum atomic E-state index is 3.88. The van der Waals surface area contributed by atoms with Crippen molar-refractivity contribution in [3.63, 3.8) is 0 Å². The van der Waals surface area contributed by atoms with Crippen molar-refractivity contribution in [1.82, 2.24) is 10.2 Å². The predicted octanol–water partition coefficient (Wildman–Crippen LogP) is 3.01. The smallest absolute Gasteiger partial charge is 0.0198 e. The number of rotatable bonds is 4. The molecule has 2 heteroatoms. The zero-order valence-corrected chi connectivity index (χ0v) is 12.0. The van der Waals surface area contributed by atoms with Crippen molar-refractivity contribution in [2.75, 3.05) is 19.6 Å². The molecule has 1 aromatic rings. The number of nitrogens with one attached hydrogen (secondary N) is 1. The highest BCUT2D eigenvalue weighted by Gasteiger charge is 2.32. The lowest BCUT2D eigenvalue weighted by atomic mass is 9.75. The lowest BCUT2D eigenvalue weighted by molar-refractivity contribution is 0.167. The van der Waals surface area contributed by atoms with Gasteiger partial charge in [-0.25, -0.2) is 0 Å². The molecule has 3 rings (SSSR count). The van der Waals surface area contributed by atoms with Crippen LogP contribution in [0.1, 0.15) is 44.1 Å². The van der Waals surface area contributed by atoms with E-state index in [1.54, 1.807) is 0 Å². The summed E-state index contributed by atoms with van der Waals surface area (Å²) in [7, 11) is 0. The van der Waals surface area contributed by atoms with Gasteiger partial charge in [0, 0.05) is 18.6 Å². The molecule has 1 aliphatic carbocycles. The van der Waals surface area contributed by atoms with Crippen molar-refractivity contribution in [2.24, 2.45) is 0 Å². The van der Waals surface area contributed by atoms with Crippen molar-refractivity contribution >= 4 is 0 Å². The van der Waals surface area contributed by atoms with E-state index in [1.165, 1.54) is 50.9 Å². The van der Waals surface area contributed by atoms with Crippen LogP contribution >= 0.6 is 0 Å². The van der Waals surface area contributed by atoms with E-state index in [1.807, 2.05) is 0 Å². The molecular formula is C17H26N2. The number of hydrogen-bond donors (Lipinski definition) is 1. The van der Waals surface area contributed by atoms with Crippen molar-refractivity contribution < 1.29 is 0 Å². The molecule has 0 amide bonds. The average molecular weight is 258 g/mol. The molecule has 1 atom stereocenters. The molecule has 1 aliphatic heterocycles. The summed E-state index contributed by atoms with van der Waals surface area (Å²) in [6.07, 6.45) is 5.38. The van der Waals surface area contributed by atoms with E-state index in [2.05, 4.69) is 47.5 Å². The van der Waals surface area contributed by atoms with Crippen LogP contribution < -0.4 is 5.32 Å². The summed E-state index contributed by atoms with van der Waals surface area (Å²) in [6.45, 7) is 6.03. The molecule has 0 spiro atoms. The van der Waals surface area contributed by atoms with Gasteiger partial charge in [-0.2, -0.15) is 0 Å². The number of piperidine rings is 1. The first kappa shape index (κ1) is 13.1. The second kappa shape index (κ2) is 6.06. The van der Waals surface area contributed by atoms with Crippen LogP contribution in [0.15, 0.2) is 30.3 Å². The lowest BCUT2D eigenvalue weighted by Gasteiger charge is -2.41. The van der Waals surface area contributed by atoms with Crippen LogP contribution in [0.4, 0.5) is 0 Å². The first-order chi connectivity index (χ1) is 9.35. The summed E-state index contributed by atoms with van der Waals surface area (Å²) in [6, 6.07) is 12.5. The quantitative estimate of drug-likeness (QED) is 0.893. The summed E-state index contributed by atoms with van der Waals surface area (Å²) in [5.74, 6) is 0.796. The van der Waals surface area contributed by atoms with E-state index in [-0.39, 0.29) is 0 Å². The van der Waals surface area contributed by atoms with E-state index in [9.17, 15) is 0 Å². The Balaban J connectivity index is 1.44. The number of benzene rings is 1. The first-order valence-corrected chi connectivity index (χ1v) is 7.88. The third kappa shape index (κ3) is 3.18. The van der Waals surface area contributed by atoms with Gasteiger partial charge in [-0.3, -0.25) is 0 Å². The zero-order chi connectivity index (χ0) is 13.1. The van der Waals surface area contributed by atoms with Crippen molar-refractivity contribution in [2.45, 2.75) is 50.6 Å². The molecule has 1 saturated carbocycles. The van der Waals surface area contributed by atoms with Crippen LogP contribution in [-0.4, -0.2) is 36.6 Å². The molecule has 19 heavy (non-hydrogen) atoms. The monoisotopic (exact) mass is 258 g/mol. The minimum Gasteiger partial charge on any atom is -0.310 e. The zero-order valence-electron chi connectivity index (χ0n) is 12.0. The van der Waals surface area contributed by atoms with Crippen LogP contribution in [0.2, 0.25) is 0 Å². The van der Waals surface area contributed by atoms with Crippen LogP contribution in [0.5, 0.6) is 0 Å². The van der Waals surface area contributed by atoms with Gasteiger partial charge in [0.15, 0.2) is 0 Å². The normalized spacial score (nSPS) is 31.9. The number of likely N-dealkylation sites (N-methyl/N-ethyl adjacent to an activating group) is 1. The molecule has 2 nitrogen and oxygen atoms in total. The van der Waals surface area contributed by atoms with Crippen molar-refractivity contribution in [3.05, 3.63) is 35.9 Å². The molecule has 1 heterocycles. The van der Waals surface area contributed by atoms with Gasteiger partial charge in [0.2, 0.25) is 0 Å². The number of hydrogen-bond acceptors (Lipinski definition) is 2. The Morgan fingerprint density at radius 3 is 2.68 bits per heavy atom. The molecule has 2 aliphatic rings. The minimum absolute atomic E-state index is 0.732. The maximum absolute atomic E-state index is 3.88. The lowest BCUT2D eigenvalue weighted by Crippen LogP contribution is -2.52. The van der Waals surface area contributed by atoms with Crippen LogP contribution in [-0.2, 0) is 0 Å². The fourth-order valence-corrected chi connectivity index (χ4v) is 3.56. The van der Waals surface area contributed by atoms with Gasteiger partial charge in [-0.1, -0.05) is 37.3 Å². The molecule has 1 N–H and O–H groups in total. The van der Waals surface area contributed by atoms with Gasteiger partial charge in [0.25, 0.3) is 0 Å². The summed E-state index contributed by atoms with van der Waals surface area (Å²) in [4.78, 5) is 2.58. The third-order valence-electron chi connectivity index (χ3n) is 4.83. The Hall–Kier alpha value is -0.860. The van der Waals surface area contributed by atoms with Gasteiger partial charge in [-0.05, 0) is 50.3 Å². The summed E-state index contributed by atoms with van der Waals surface area (Å²) in [5.41, 5.74) is 1.53. The molecular weight excluding hydrogens is 232 g/mol. The Kier molecular flexibility index (Phi) is 4.19. The van der Waals surface area contributed by atoms with E-state index in [4.69, 9.17) is 0 Å². The fourth-order valence-electron chi connectivity index (χ4n) is 3.56. The molecule has 104 valence electrons. The largest absolute Gasteiger partial charge is 0.310 e. The number of nitrogens with zero attached hydrogens (tertiary/aromatic N) is 1. The molecule has 1 saturated heterocycles. The maximum Gasteiger partial charge on any atom is 0.0198 e. The summed E-state index contributed by atoms with van der Waals surface area (Å²) >= 11 is 0. The van der Waals surface area contributed by atoms with Crippen LogP contribution in [0.25, 0.3) is 0 Å². The Bertz CT molecular complexity index is 384. The summed E-state index contributed by atoms with van der Waals surface area (Å²) < 4.78 is 0. The third-order valence-corrected chi connectivity index (χ3v) is 4.83. The Morgan fingerprint density at radius 2 is 1.95 bits per heavy atom. The predicted molar refractivity (Wildman–Crippen MR) is 80.5 cm³/mol. The Morgan fingerprint density at radius 1 is 1.16 bits per heavy atom. The van der Waals surface area contributed by atoms with Gasteiger partial charge < -0.3 is 10.2 Å². The van der Waals surface area contributed by atoms with Gasteiger partial charge >= 0.3 is 0 Å². The van der Waals surface area contributed by atoms with E-state index in [0.29, 0.717) is 0 Å². The van der Waals surface area contributed by atoms with Crippen molar-refractivity contribution in [1.29, 1.82) is 0 Å². The Labute approximate surface area is 117 Å². The highest BCUT2D eigenvalue weighted by atomic mass is 15.2. The van der Waals surface area contributed by atoms with Gasteiger partial charge in [0.1, 0.15) is 0 Å². The van der Waals surface area contributed by atoms with E-state index in [0.717, 1.165) is 18.0 Å². The molecule has 1 unspecified atom stereocenters. The molecule has 1 aromatic carbocycles. The van der Waals surface area contributed by atoms with E-state index >= 15 is 0 Å². The van der Waals surface area contributed by atoms with Crippen LogP contribution in [0, 0.1) is 0 Å². The second-order valence-corrected chi connectivity index (χ2v) is 6.17. The second-order valence-electron chi connectivity index (χ2n) is 6.17. The molecule has 0 radical (unpaired) electrons. The molecule has 0 aromatic heterocycles. The highest BCUT2D eigenvalue weighted by molar-refractivity contribution is 5.22. The highest BCUT2D eigenvalue weighted by Crippen LogP contribution is 2.37. The summed E-state index contributed by atoms with van der Waals surface area (Å²) in [5, 5.41) is 3.88. The SMILES string of the molecule is CCN1CCCC(NC2CC(c3ccccc3)C2)C1. The van der Waals surface area contributed by atoms with Crippen molar-refractivity contribution in [3.8, 4) is 0 Å². The van der Waals surface area contributed by atoms with Crippen LogP contribution in [0.3, 0.4) is 0 Å². The topological polar surface area (TPSA) is 15.3 Å². The molecule has 2 fully saturated rings. The van der Waals surface area contributed by atoms with E-state index < -0.39 is 0 Å². The minimum atomic E-state index is 0.732. The number of likely N-dealkylation sites (tertiary alicyclic amines) is 1. The average Bonchev–Trinajstić information content (AvgIpc) is 2.43. The molecule has 0 bridgehead atoms. The van der Waals surface area contributed by atoms with Gasteiger partial charge in [0.05, 0.1) is 0 Å². The van der Waals surface area contributed by atoms with Gasteiger partial charge in [-0.15, -0.1) is 0 Å². The standard InChI is InChI=1S/C17H26N2/c1-2-19-10-6-9-16(13-19)18-17-11-15(12-17)14-7-4-3-5-8-14/h3-5,7-8,15-18H,2,6,9-13H2,1H3. The first-order valence-electron chi connectivity index (χ1n) is 7.88. The fraction of sp³-hybridized carbons (Fsp3) is 0.647.